The molecular formula is C19H17FN2O2. The molecule has 1 N–H and O–H groups in total. The Morgan fingerprint density at radius 3 is 2.38 bits per heavy atom. The predicted octanol–water partition coefficient (Wildman–Crippen LogP) is 4.65. The van der Waals surface area contributed by atoms with Crippen LogP contribution in [0.5, 0.6) is 0 Å². The number of nitrogens with one attached hydrogen (secondary N) is 1. The van der Waals surface area contributed by atoms with Gasteiger partial charge in [0.25, 0.3) is 0 Å². The van der Waals surface area contributed by atoms with Crippen LogP contribution in [0.25, 0.3) is 0 Å². The van der Waals surface area contributed by atoms with Gasteiger partial charge >= 0.3 is 6.03 Å². The number of halogens is 1. The van der Waals surface area contributed by atoms with Crippen LogP contribution in [0.1, 0.15) is 11.3 Å². The molecule has 2 amide bonds. The van der Waals surface area contributed by atoms with Gasteiger partial charge in [0.2, 0.25) is 0 Å². The van der Waals surface area contributed by atoms with E-state index in [2.05, 4.69) is 5.32 Å². The van der Waals surface area contributed by atoms with Crippen molar-refractivity contribution in [2.75, 3.05) is 5.32 Å². The lowest BCUT2D eigenvalue weighted by Crippen LogP contribution is -2.33. The molecular weight excluding hydrogens is 307 g/mol. The van der Waals surface area contributed by atoms with E-state index in [0.717, 1.165) is 5.56 Å². The summed E-state index contributed by atoms with van der Waals surface area (Å²) >= 11 is 0. The first-order valence-electron chi connectivity index (χ1n) is 7.58. The summed E-state index contributed by atoms with van der Waals surface area (Å²) in [6, 6.07) is 18.7. The van der Waals surface area contributed by atoms with Gasteiger partial charge in [-0.15, -0.1) is 0 Å². The van der Waals surface area contributed by atoms with Gasteiger partial charge in [0.15, 0.2) is 0 Å². The fourth-order valence-corrected chi connectivity index (χ4v) is 2.33. The maximum atomic E-state index is 13.0. The number of rotatable bonds is 5. The molecule has 5 heteroatoms. The molecule has 0 saturated carbocycles. The summed E-state index contributed by atoms with van der Waals surface area (Å²) in [6.07, 6.45) is 1.58. The Morgan fingerprint density at radius 1 is 0.958 bits per heavy atom. The number of nitrogens with zero attached hydrogens (tertiary/aromatic N) is 1. The van der Waals surface area contributed by atoms with E-state index in [1.165, 1.54) is 24.3 Å². The molecule has 0 aliphatic rings. The zero-order valence-corrected chi connectivity index (χ0v) is 13.0. The first kappa shape index (κ1) is 15.8. The van der Waals surface area contributed by atoms with Gasteiger partial charge in [-0.2, -0.15) is 0 Å². The highest BCUT2D eigenvalue weighted by Gasteiger charge is 2.16. The van der Waals surface area contributed by atoms with Gasteiger partial charge in [-0.05, 0) is 42.0 Å². The molecule has 0 radical (unpaired) electrons. The van der Waals surface area contributed by atoms with E-state index < -0.39 is 0 Å². The van der Waals surface area contributed by atoms with Gasteiger partial charge in [0, 0.05) is 12.2 Å². The minimum Gasteiger partial charge on any atom is -0.467 e. The Kier molecular flexibility index (Phi) is 4.91. The topological polar surface area (TPSA) is 45.5 Å². The molecule has 0 atom stereocenters. The molecule has 0 spiro atoms. The van der Waals surface area contributed by atoms with Crippen LogP contribution in [0.2, 0.25) is 0 Å². The first-order valence-corrected chi connectivity index (χ1v) is 7.58. The molecule has 0 aliphatic heterocycles. The van der Waals surface area contributed by atoms with Gasteiger partial charge in [-0.1, -0.05) is 30.3 Å². The third kappa shape index (κ3) is 4.23. The van der Waals surface area contributed by atoms with E-state index >= 15 is 0 Å². The molecule has 4 nitrogen and oxygen atoms in total. The molecule has 0 aliphatic carbocycles. The van der Waals surface area contributed by atoms with Gasteiger partial charge in [-0.25, -0.2) is 9.18 Å². The van der Waals surface area contributed by atoms with E-state index in [9.17, 15) is 9.18 Å². The van der Waals surface area contributed by atoms with E-state index in [4.69, 9.17) is 4.42 Å². The molecule has 3 aromatic rings. The Labute approximate surface area is 139 Å². The normalized spacial score (nSPS) is 10.4. The Morgan fingerprint density at radius 2 is 1.71 bits per heavy atom. The molecule has 2 aromatic carbocycles. The molecule has 0 fully saturated rings. The minimum absolute atomic E-state index is 0.276. The van der Waals surface area contributed by atoms with Crippen molar-refractivity contribution in [2.24, 2.45) is 0 Å². The summed E-state index contributed by atoms with van der Waals surface area (Å²) in [5, 5.41) is 2.78. The molecule has 0 bridgehead atoms. The number of furan rings is 1. The fraction of sp³-hybridized carbons (Fsp3) is 0.105. The van der Waals surface area contributed by atoms with Gasteiger partial charge in [0.05, 0.1) is 12.8 Å². The summed E-state index contributed by atoms with van der Waals surface area (Å²) in [5.74, 6) is 0.352. The highest BCUT2D eigenvalue weighted by atomic mass is 19.1. The van der Waals surface area contributed by atoms with Crippen LogP contribution in [0, 0.1) is 5.82 Å². The predicted molar refractivity (Wildman–Crippen MR) is 89.8 cm³/mol. The van der Waals surface area contributed by atoms with Crippen LogP contribution >= 0.6 is 0 Å². The van der Waals surface area contributed by atoms with E-state index in [1.54, 1.807) is 17.2 Å². The number of amides is 2. The maximum Gasteiger partial charge on any atom is 0.322 e. The molecule has 3 rings (SSSR count). The second-order valence-electron chi connectivity index (χ2n) is 5.36. The van der Waals surface area contributed by atoms with Crippen molar-refractivity contribution in [1.29, 1.82) is 0 Å². The summed E-state index contributed by atoms with van der Waals surface area (Å²) in [6.45, 7) is 0.781. The molecule has 1 aromatic heterocycles. The van der Waals surface area contributed by atoms with E-state index in [-0.39, 0.29) is 11.8 Å². The lowest BCUT2D eigenvalue weighted by atomic mass is 10.2. The van der Waals surface area contributed by atoms with Crippen molar-refractivity contribution in [3.05, 3.63) is 90.1 Å². The molecule has 0 unspecified atom stereocenters. The van der Waals surface area contributed by atoms with E-state index in [0.29, 0.717) is 24.5 Å². The SMILES string of the molecule is O=C(Nc1ccc(F)cc1)N(Cc1ccccc1)Cc1ccco1. The van der Waals surface area contributed by atoms with Crippen molar-refractivity contribution in [2.45, 2.75) is 13.1 Å². The van der Waals surface area contributed by atoms with Crippen LogP contribution in [0.4, 0.5) is 14.9 Å². The second kappa shape index (κ2) is 7.46. The highest BCUT2D eigenvalue weighted by molar-refractivity contribution is 5.89. The van der Waals surface area contributed by atoms with Gasteiger partial charge in [-0.3, -0.25) is 0 Å². The molecule has 0 saturated heterocycles. The molecule has 122 valence electrons. The van der Waals surface area contributed by atoms with Crippen molar-refractivity contribution >= 4 is 11.7 Å². The van der Waals surface area contributed by atoms with Gasteiger partial charge in [0.1, 0.15) is 11.6 Å². The number of hydrogen-bond acceptors (Lipinski definition) is 2. The lowest BCUT2D eigenvalue weighted by Gasteiger charge is -2.22. The Bertz CT molecular complexity index is 771. The number of benzene rings is 2. The molecule has 24 heavy (non-hydrogen) atoms. The van der Waals surface area contributed by atoms with Crippen molar-refractivity contribution in [3.63, 3.8) is 0 Å². The van der Waals surface area contributed by atoms with Crippen LogP contribution in [-0.4, -0.2) is 10.9 Å². The summed E-state index contributed by atoms with van der Waals surface area (Å²) in [5.41, 5.74) is 1.55. The van der Waals surface area contributed by atoms with Crippen LogP contribution in [-0.2, 0) is 13.1 Å². The van der Waals surface area contributed by atoms with Crippen LogP contribution in [0.15, 0.2) is 77.4 Å². The third-order valence-corrected chi connectivity index (χ3v) is 3.53. The number of carbonyl (C=O) groups is 1. The fourth-order valence-electron chi connectivity index (χ4n) is 2.33. The Balaban J connectivity index is 1.74. The standard InChI is InChI=1S/C19H17FN2O2/c20-16-8-10-17(11-9-16)21-19(23)22(14-18-7-4-12-24-18)13-15-5-2-1-3-6-15/h1-12H,13-14H2,(H,21,23). The summed E-state index contributed by atoms with van der Waals surface area (Å²) in [7, 11) is 0. The minimum atomic E-state index is -0.343. The number of carbonyl (C=O) groups excluding carboxylic acids is 1. The Hall–Kier alpha value is -3.08. The average molecular weight is 324 g/mol. The lowest BCUT2D eigenvalue weighted by molar-refractivity contribution is 0.201. The summed E-state index contributed by atoms with van der Waals surface area (Å²) < 4.78 is 18.3. The first-order chi connectivity index (χ1) is 11.7. The largest absolute Gasteiger partial charge is 0.467 e. The zero-order chi connectivity index (χ0) is 16.8. The average Bonchev–Trinajstić information content (AvgIpc) is 3.10. The van der Waals surface area contributed by atoms with E-state index in [1.807, 2.05) is 36.4 Å². The number of urea groups is 1. The van der Waals surface area contributed by atoms with Crippen LogP contribution in [0.3, 0.4) is 0 Å². The number of hydrogen-bond donors (Lipinski definition) is 1. The highest BCUT2D eigenvalue weighted by Crippen LogP contribution is 2.14. The quantitative estimate of drug-likeness (QED) is 0.742. The zero-order valence-electron chi connectivity index (χ0n) is 13.0. The smallest absolute Gasteiger partial charge is 0.322 e. The van der Waals surface area contributed by atoms with Crippen molar-refractivity contribution < 1.29 is 13.6 Å². The van der Waals surface area contributed by atoms with Crippen molar-refractivity contribution in [1.82, 2.24) is 4.90 Å². The third-order valence-electron chi connectivity index (χ3n) is 3.53. The van der Waals surface area contributed by atoms with Gasteiger partial charge < -0.3 is 14.6 Å². The second-order valence-corrected chi connectivity index (χ2v) is 5.36. The molecule has 1 heterocycles. The maximum absolute atomic E-state index is 13.0. The number of anilines is 1. The summed E-state index contributed by atoms with van der Waals surface area (Å²) in [4.78, 5) is 14.2. The van der Waals surface area contributed by atoms with Crippen LogP contribution < -0.4 is 5.32 Å². The monoisotopic (exact) mass is 324 g/mol. The van der Waals surface area contributed by atoms with Crippen molar-refractivity contribution in [3.8, 4) is 0 Å².